The topological polar surface area (TPSA) is 55.6 Å². The van der Waals surface area contributed by atoms with Crippen LogP contribution in [0.2, 0.25) is 0 Å². The standard InChI is InChI=1S/C17H26N2O2/c1-4-10-21-14-7-5-6-13(11-14)16(20)19-9-8-15(18)17(2,3)12-19/h5-7,11,15H,4,8-10,12,18H2,1-3H3. The summed E-state index contributed by atoms with van der Waals surface area (Å²) in [5.74, 6) is 0.826. The number of benzene rings is 1. The monoisotopic (exact) mass is 290 g/mol. The first-order valence-electron chi connectivity index (χ1n) is 7.72. The Bertz CT molecular complexity index is 499. The second kappa shape index (κ2) is 6.48. The van der Waals surface area contributed by atoms with Gasteiger partial charge in [0.15, 0.2) is 0 Å². The highest BCUT2D eigenvalue weighted by Crippen LogP contribution is 2.29. The average Bonchev–Trinajstić information content (AvgIpc) is 2.47. The molecule has 2 N–H and O–H groups in total. The van der Waals surface area contributed by atoms with E-state index >= 15 is 0 Å². The number of hydrogen-bond acceptors (Lipinski definition) is 3. The van der Waals surface area contributed by atoms with Crippen LogP contribution >= 0.6 is 0 Å². The summed E-state index contributed by atoms with van der Waals surface area (Å²) in [6.07, 6.45) is 1.81. The van der Waals surface area contributed by atoms with Crippen LogP contribution in [0.5, 0.6) is 5.75 Å². The zero-order valence-corrected chi connectivity index (χ0v) is 13.3. The highest BCUT2D eigenvalue weighted by Gasteiger charge is 2.35. The molecule has 1 atom stereocenters. The van der Waals surface area contributed by atoms with Gasteiger partial charge in [0.25, 0.3) is 5.91 Å². The van der Waals surface area contributed by atoms with Crippen molar-refractivity contribution >= 4 is 5.91 Å². The van der Waals surface area contributed by atoms with E-state index in [2.05, 4.69) is 20.8 Å². The number of ether oxygens (including phenoxy) is 1. The smallest absolute Gasteiger partial charge is 0.254 e. The number of nitrogens with zero attached hydrogens (tertiary/aromatic N) is 1. The van der Waals surface area contributed by atoms with Crippen LogP contribution in [-0.2, 0) is 0 Å². The zero-order valence-electron chi connectivity index (χ0n) is 13.3. The molecule has 0 aliphatic carbocycles. The Morgan fingerprint density at radius 1 is 1.48 bits per heavy atom. The lowest BCUT2D eigenvalue weighted by Gasteiger charge is -2.42. The Labute approximate surface area is 127 Å². The van der Waals surface area contributed by atoms with E-state index in [1.165, 1.54) is 0 Å². The van der Waals surface area contributed by atoms with Crippen molar-refractivity contribution in [1.82, 2.24) is 4.90 Å². The van der Waals surface area contributed by atoms with Crippen molar-refractivity contribution in [3.8, 4) is 5.75 Å². The summed E-state index contributed by atoms with van der Waals surface area (Å²) in [4.78, 5) is 14.6. The third-order valence-electron chi connectivity index (χ3n) is 4.15. The van der Waals surface area contributed by atoms with Crippen LogP contribution in [0.4, 0.5) is 0 Å². The van der Waals surface area contributed by atoms with Crippen LogP contribution in [0.1, 0.15) is 44.0 Å². The van der Waals surface area contributed by atoms with Gasteiger partial charge in [-0.25, -0.2) is 0 Å². The van der Waals surface area contributed by atoms with Crippen molar-refractivity contribution < 1.29 is 9.53 Å². The third-order valence-corrected chi connectivity index (χ3v) is 4.15. The molecule has 1 amide bonds. The van der Waals surface area contributed by atoms with Gasteiger partial charge in [-0.05, 0) is 36.5 Å². The lowest BCUT2D eigenvalue weighted by atomic mass is 9.79. The molecule has 21 heavy (non-hydrogen) atoms. The summed E-state index contributed by atoms with van der Waals surface area (Å²) >= 11 is 0. The molecule has 1 aromatic rings. The van der Waals surface area contributed by atoms with Crippen LogP contribution in [0.15, 0.2) is 24.3 Å². The third kappa shape index (κ3) is 3.76. The summed E-state index contributed by atoms with van der Waals surface area (Å²) in [6, 6.07) is 7.60. The number of carbonyl (C=O) groups is 1. The van der Waals surface area contributed by atoms with Crippen molar-refractivity contribution in [3.63, 3.8) is 0 Å². The molecule has 0 saturated carbocycles. The first-order chi connectivity index (χ1) is 9.94. The van der Waals surface area contributed by atoms with E-state index in [0.29, 0.717) is 18.7 Å². The largest absolute Gasteiger partial charge is 0.494 e. The van der Waals surface area contributed by atoms with E-state index in [-0.39, 0.29) is 17.4 Å². The normalized spacial score (nSPS) is 21.1. The Hall–Kier alpha value is -1.55. The van der Waals surface area contributed by atoms with Crippen molar-refractivity contribution in [1.29, 1.82) is 0 Å². The van der Waals surface area contributed by atoms with E-state index in [0.717, 1.165) is 25.1 Å². The van der Waals surface area contributed by atoms with Gasteiger partial charge in [0.1, 0.15) is 5.75 Å². The fourth-order valence-electron chi connectivity index (χ4n) is 2.67. The van der Waals surface area contributed by atoms with Gasteiger partial charge in [-0.15, -0.1) is 0 Å². The molecule has 2 rings (SSSR count). The number of amides is 1. The predicted molar refractivity (Wildman–Crippen MR) is 84.5 cm³/mol. The van der Waals surface area contributed by atoms with Crippen molar-refractivity contribution in [2.24, 2.45) is 11.1 Å². The van der Waals surface area contributed by atoms with Crippen molar-refractivity contribution in [2.75, 3.05) is 19.7 Å². The van der Waals surface area contributed by atoms with Crippen LogP contribution in [-0.4, -0.2) is 36.5 Å². The van der Waals surface area contributed by atoms with Crippen LogP contribution in [0.3, 0.4) is 0 Å². The highest BCUT2D eigenvalue weighted by molar-refractivity contribution is 5.94. The van der Waals surface area contributed by atoms with Gasteiger partial charge >= 0.3 is 0 Å². The summed E-state index contributed by atoms with van der Waals surface area (Å²) in [5, 5.41) is 0. The Morgan fingerprint density at radius 2 is 2.24 bits per heavy atom. The van der Waals surface area contributed by atoms with Gasteiger partial charge < -0.3 is 15.4 Å². The molecule has 0 radical (unpaired) electrons. The Morgan fingerprint density at radius 3 is 2.90 bits per heavy atom. The Kier molecular flexibility index (Phi) is 4.88. The molecule has 1 heterocycles. The quantitative estimate of drug-likeness (QED) is 0.927. The molecular weight excluding hydrogens is 264 g/mol. The van der Waals surface area contributed by atoms with E-state index in [1.807, 2.05) is 29.2 Å². The minimum Gasteiger partial charge on any atom is -0.494 e. The molecule has 0 bridgehead atoms. The maximum atomic E-state index is 12.6. The molecule has 1 fully saturated rings. The zero-order chi connectivity index (χ0) is 15.5. The second-order valence-corrected chi connectivity index (χ2v) is 6.49. The van der Waals surface area contributed by atoms with E-state index in [4.69, 9.17) is 10.5 Å². The maximum absolute atomic E-state index is 12.6. The SMILES string of the molecule is CCCOc1cccc(C(=O)N2CCC(N)C(C)(C)C2)c1. The molecular formula is C17H26N2O2. The van der Waals surface area contributed by atoms with Gasteiger partial charge in [-0.3, -0.25) is 4.79 Å². The highest BCUT2D eigenvalue weighted by atomic mass is 16.5. The van der Waals surface area contributed by atoms with E-state index in [1.54, 1.807) is 0 Å². The lowest BCUT2D eigenvalue weighted by Crippen LogP contribution is -2.53. The number of hydrogen-bond donors (Lipinski definition) is 1. The number of nitrogens with two attached hydrogens (primary N) is 1. The molecule has 1 aliphatic heterocycles. The average molecular weight is 290 g/mol. The number of likely N-dealkylation sites (tertiary alicyclic amines) is 1. The maximum Gasteiger partial charge on any atom is 0.254 e. The predicted octanol–water partition coefficient (Wildman–Crippen LogP) is 2.67. The number of piperidine rings is 1. The molecule has 0 spiro atoms. The van der Waals surface area contributed by atoms with Gasteiger partial charge in [0.05, 0.1) is 6.61 Å². The van der Waals surface area contributed by atoms with Crippen molar-refractivity contribution in [3.05, 3.63) is 29.8 Å². The van der Waals surface area contributed by atoms with Crippen LogP contribution < -0.4 is 10.5 Å². The lowest BCUT2D eigenvalue weighted by molar-refractivity contribution is 0.0532. The number of rotatable bonds is 4. The van der Waals surface area contributed by atoms with Gasteiger partial charge in [-0.2, -0.15) is 0 Å². The van der Waals surface area contributed by atoms with E-state index < -0.39 is 0 Å². The minimum atomic E-state index is -0.0375. The molecule has 1 aromatic carbocycles. The molecule has 4 heteroatoms. The fourth-order valence-corrected chi connectivity index (χ4v) is 2.67. The van der Waals surface area contributed by atoms with Gasteiger partial charge in [-0.1, -0.05) is 26.8 Å². The minimum absolute atomic E-state index is 0.0375. The second-order valence-electron chi connectivity index (χ2n) is 6.49. The molecule has 116 valence electrons. The summed E-state index contributed by atoms with van der Waals surface area (Å²) < 4.78 is 5.60. The Balaban J connectivity index is 2.09. The molecule has 1 aliphatic rings. The van der Waals surface area contributed by atoms with Crippen LogP contribution in [0, 0.1) is 5.41 Å². The summed E-state index contributed by atoms with van der Waals surface area (Å²) in [5.41, 5.74) is 6.79. The van der Waals surface area contributed by atoms with E-state index in [9.17, 15) is 4.79 Å². The molecule has 0 aromatic heterocycles. The van der Waals surface area contributed by atoms with Crippen LogP contribution in [0.25, 0.3) is 0 Å². The fraction of sp³-hybridized carbons (Fsp3) is 0.588. The first-order valence-corrected chi connectivity index (χ1v) is 7.72. The molecule has 4 nitrogen and oxygen atoms in total. The van der Waals surface area contributed by atoms with Gasteiger partial charge in [0, 0.05) is 24.7 Å². The first kappa shape index (κ1) is 15.8. The molecule has 1 saturated heterocycles. The van der Waals surface area contributed by atoms with Crippen molar-refractivity contribution in [2.45, 2.75) is 39.7 Å². The number of carbonyl (C=O) groups excluding carboxylic acids is 1. The summed E-state index contributed by atoms with van der Waals surface area (Å²) in [7, 11) is 0. The summed E-state index contributed by atoms with van der Waals surface area (Å²) in [6.45, 7) is 8.41. The molecule has 1 unspecified atom stereocenters. The van der Waals surface area contributed by atoms with Gasteiger partial charge in [0.2, 0.25) is 0 Å².